The van der Waals surface area contributed by atoms with Crippen LogP contribution in [0, 0.1) is 5.82 Å². The topological polar surface area (TPSA) is 92.8 Å². The largest absolute Gasteiger partial charge is 0.497 e. The lowest BCUT2D eigenvalue weighted by Crippen LogP contribution is -2.39. The number of methoxy groups -OCH3 is 2. The molecule has 1 aliphatic heterocycles. The number of nitrogens with zero attached hydrogens (tertiary/aromatic N) is 2. The number of nitrogens with one attached hydrogen (secondary N) is 2. The van der Waals surface area contributed by atoms with Crippen molar-refractivity contribution in [2.24, 2.45) is 0 Å². The van der Waals surface area contributed by atoms with Crippen molar-refractivity contribution in [1.29, 1.82) is 0 Å². The van der Waals surface area contributed by atoms with Crippen molar-refractivity contribution >= 4 is 61.0 Å². The number of ether oxygens (including phenoxy) is 2. The standard InChI is InChI=1S/C30H29Cl2FN4O4S2/c1-40-22-10-7-20(28(14-22)41-2)18-37(30-35-12-13-42-30)43(38,39)29-15-24(32)26(16-25(29)33)36-17-27-23(4-3-11-34-27)19-5-8-21(31)9-6-19/h4-10,12-16,27,34,36H,3,11,17-18H2,1-2H3. The quantitative estimate of drug-likeness (QED) is 0.181. The van der Waals surface area contributed by atoms with Crippen LogP contribution < -0.4 is 24.4 Å². The summed E-state index contributed by atoms with van der Waals surface area (Å²) in [5.41, 5.74) is 2.92. The van der Waals surface area contributed by atoms with Gasteiger partial charge < -0.3 is 20.1 Å². The van der Waals surface area contributed by atoms with Crippen LogP contribution >= 0.6 is 34.5 Å². The maximum atomic E-state index is 15.7. The van der Waals surface area contributed by atoms with E-state index in [0.29, 0.717) is 28.6 Å². The number of rotatable bonds is 11. The second kappa shape index (κ2) is 13.5. The first kappa shape index (κ1) is 31.1. The van der Waals surface area contributed by atoms with Crippen molar-refractivity contribution in [2.75, 3.05) is 36.9 Å². The van der Waals surface area contributed by atoms with Gasteiger partial charge in [-0.1, -0.05) is 41.4 Å². The first-order chi connectivity index (χ1) is 20.7. The minimum atomic E-state index is -4.44. The summed E-state index contributed by atoms with van der Waals surface area (Å²) in [6.07, 6.45) is 4.51. The van der Waals surface area contributed by atoms with Gasteiger partial charge in [-0.15, -0.1) is 11.3 Å². The van der Waals surface area contributed by atoms with Crippen LogP contribution in [-0.4, -0.2) is 46.8 Å². The molecule has 0 bridgehead atoms. The summed E-state index contributed by atoms with van der Waals surface area (Å²) in [5, 5.41) is 9.18. The van der Waals surface area contributed by atoms with Gasteiger partial charge in [0.2, 0.25) is 0 Å². The fourth-order valence-corrected chi connectivity index (χ4v) is 7.57. The maximum absolute atomic E-state index is 15.7. The number of halogens is 3. The third-order valence-corrected chi connectivity index (χ3v) is 10.2. The van der Waals surface area contributed by atoms with Crippen LogP contribution in [0.15, 0.2) is 77.1 Å². The van der Waals surface area contributed by atoms with Crippen LogP contribution in [0.3, 0.4) is 0 Å². The average Bonchev–Trinajstić information content (AvgIpc) is 3.55. The molecule has 1 aromatic heterocycles. The first-order valence-electron chi connectivity index (χ1n) is 13.3. The Labute approximate surface area is 264 Å². The van der Waals surface area contributed by atoms with E-state index in [-0.39, 0.29) is 28.4 Å². The van der Waals surface area contributed by atoms with E-state index >= 15 is 4.39 Å². The van der Waals surface area contributed by atoms with Crippen LogP contribution in [-0.2, 0) is 16.6 Å². The number of hydrogen-bond donors (Lipinski definition) is 2. The number of sulfonamides is 1. The Morgan fingerprint density at radius 1 is 1.12 bits per heavy atom. The molecular formula is C30H29Cl2FN4O4S2. The highest BCUT2D eigenvalue weighted by Crippen LogP contribution is 2.35. The SMILES string of the molecule is COc1ccc(CN(c2nccs2)S(=O)(=O)c2cc(Cl)c(NCC3NCCC=C3c3ccc(Cl)cc3)cc2F)c(OC)c1. The van der Waals surface area contributed by atoms with Crippen LogP contribution in [0.1, 0.15) is 17.5 Å². The first-order valence-corrected chi connectivity index (χ1v) is 16.3. The minimum Gasteiger partial charge on any atom is -0.497 e. The summed E-state index contributed by atoms with van der Waals surface area (Å²) in [5.74, 6) is 0.0158. The molecule has 13 heteroatoms. The normalized spacial score (nSPS) is 15.1. The average molecular weight is 664 g/mol. The number of aromatic nitrogens is 1. The molecule has 0 amide bonds. The number of hydrogen-bond acceptors (Lipinski definition) is 8. The zero-order chi connectivity index (χ0) is 30.6. The molecule has 2 heterocycles. The molecule has 2 N–H and O–H groups in total. The number of anilines is 2. The molecule has 0 radical (unpaired) electrons. The molecular weight excluding hydrogens is 634 g/mol. The lowest BCUT2D eigenvalue weighted by Gasteiger charge is -2.27. The Balaban J connectivity index is 1.41. The van der Waals surface area contributed by atoms with E-state index in [1.165, 1.54) is 20.4 Å². The van der Waals surface area contributed by atoms with Crippen LogP contribution in [0.5, 0.6) is 11.5 Å². The smallest absolute Gasteiger partial charge is 0.269 e. The third kappa shape index (κ3) is 6.91. The van der Waals surface area contributed by atoms with Gasteiger partial charge in [-0.3, -0.25) is 0 Å². The van der Waals surface area contributed by atoms with Crippen molar-refractivity contribution in [2.45, 2.75) is 23.9 Å². The van der Waals surface area contributed by atoms with Crippen molar-refractivity contribution in [1.82, 2.24) is 10.3 Å². The summed E-state index contributed by atoms with van der Waals surface area (Å²) in [6.45, 7) is 1.02. The highest BCUT2D eigenvalue weighted by Gasteiger charge is 2.32. The van der Waals surface area contributed by atoms with E-state index in [1.54, 1.807) is 23.6 Å². The predicted octanol–water partition coefficient (Wildman–Crippen LogP) is 6.86. The summed E-state index contributed by atoms with van der Waals surface area (Å²) < 4.78 is 55.3. The molecule has 1 atom stereocenters. The van der Waals surface area contributed by atoms with Crippen LogP contribution in [0.25, 0.3) is 5.57 Å². The number of thiazole rings is 1. The van der Waals surface area contributed by atoms with E-state index in [2.05, 4.69) is 21.7 Å². The lowest BCUT2D eigenvalue weighted by atomic mass is 9.94. The lowest BCUT2D eigenvalue weighted by molar-refractivity contribution is 0.391. The molecule has 0 aliphatic carbocycles. The van der Waals surface area contributed by atoms with Crippen molar-refractivity contribution in [3.63, 3.8) is 0 Å². The van der Waals surface area contributed by atoms with Gasteiger partial charge in [0.15, 0.2) is 5.13 Å². The fourth-order valence-electron chi connectivity index (χ4n) is 4.81. The van der Waals surface area contributed by atoms with Gasteiger partial charge in [-0.2, -0.15) is 0 Å². The van der Waals surface area contributed by atoms with Crippen molar-refractivity contribution in [3.05, 3.63) is 99.2 Å². The number of benzene rings is 3. The summed E-state index contributed by atoms with van der Waals surface area (Å²) in [7, 11) is -1.45. The molecule has 43 heavy (non-hydrogen) atoms. The van der Waals surface area contributed by atoms with Crippen molar-refractivity contribution < 1.29 is 22.3 Å². The zero-order valence-corrected chi connectivity index (χ0v) is 26.5. The highest BCUT2D eigenvalue weighted by molar-refractivity contribution is 7.93. The highest BCUT2D eigenvalue weighted by atomic mass is 35.5. The van der Waals surface area contributed by atoms with Gasteiger partial charge in [0.1, 0.15) is 22.2 Å². The molecule has 226 valence electrons. The molecule has 0 saturated heterocycles. The molecule has 8 nitrogen and oxygen atoms in total. The van der Waals surface area contributed by atoms with Crippen LogP contribution in [0.2, 0.25) is 10.0 Å². The second-order valence-electron chi connectivity index (χ2n) is 9.61. The predicted molar refractivity (Wildman–Crippen MR) is 171 cm³/mol. The Morgan fingerprint density at radius 3 is 2.60 bits per heavy atom. The van der Waals surface area contributed by atoms with E-state index in [9.17, 15) is 8.42 Å². The minimum absolute atomic E-state index is 0.0638. The molecule has 1 unspecified atom stereocenters. The Bertz CT molecular complexity index is 1720. The summed E-state index contributed by atoms with van der Waals surface area (Å²) in [6, 6.07) is 14.8. The Morgan fingerprint density at radius 2 is 1.91 bits per heavy atom. The fraction of sp³-hybridized carbons (Fsp3) is 0.233. The molecule has 0 spiro atoms. The molecule has 0 saturated carbocycles. The van der Waals surface area contributed by atoms with Gasteiger partial charge in [0, 0.05) is 40.8 Å². The van der Waals surface area contributed by atoms with Gasteiger partial charge in [-0.05, 0) is 60.5 Å². The van der Waals surface area contributed by atoms with Gasteiger partial charge in [-0.25, -0.2) is 22.1 Å². The van der Waals surface area contributed by atoms with Crippen molar-refractivity contribution in [3.8, 4) is 11.5 Å². The van der Waals surface area contributed by atoms with E-state index in [1.807, 2.05) is 24.3 Å². The molecule has 1 aliphatic rings. The summed E-state index contributed by atoms with van der Waals surface area (Å²) >= 11 is 13.7. The third-order valence-electron chi connectivity index (χ3n) is 6.98. The second-order valence-corrected chi connectivity index (χ2v) is 13.2. The monoisotopic (exact) mass is 662 g/mol. The zero-order valence-electron chi connectivity index (χ0n) is 23.3. The molecule has 0 fully saturated rings. The maximum Gasteiger partial charge on any atom is 0.269 e. The summed E-state index contributed by atoms with van der Waals surface area (Å²) in [4.78, 5) is 3.63. The van der Waals surface area contributed by atoms with Gasteiger partial charge in [0.25, 0.3) is 10.0 Å². The van der Waals surface area contributed by atoms with E-state index < -0.39 is 20.7 Å². The van der Waals surface area contributed by atoms with Gasteiger partial charge in [0.05, 0.1) is 31.5 Å². The molecule has 4 aromatic rings. The Kier molecular flexibility index (Phi) is 9.78. The van der Waals surface area contributed by atoms with E-state index in [0.717, 1.165) is 51.9 Å². The molecule has 3 aromatic carbocycles. The van der Waals surface area contributed by atoms with Gasteiger partial charge >= 0.3 is 0 Å². The Hall–Kier alpha value is -3.35. The molecule has 5 rings (SSSR count). The van der Waals surface area contributed by atoms with Crippen LogP contribution in [0.4, 0.5) is 15.2 Å². The van der Waals surface area contributed by atoms with E-state index in [4.69, 9.17) is 32.7 Å².